The molecule has 0 unspecified atom stereocenters. The Balaban J connectivity index is 1.35. The van der Waals surface area contributed by atoms with Crippen molar-refractivity contribution < 1.29 is 9.59 Å². The van der Waals surface area contributed by atoms with E-state index in [2.05, 4.69) is 15.0 Å². The summed E-state index contributed by atoms with van der Waals surface area (Å²) in [5.41, 5.74) is 1.21. The summed E-state index contributed by atoms with van der Waals surface area (Å²) in [5, 5.41) is 0. The fraction of sp³-hybridized carbons (Fsp3) is 0.476. The van der Waals surface area contributed by atoms with Gasteiger partial charge in [0.05, 0.1) is 6.20 Å². The predicted molar refractivity (Wildman–Crippen MR) is 106 cm³/mol. The molecule has 1 spiro atoms. The molecule has 0 radical (unpaired) electrons. The Kier molecular flexibility index (Phi) is 5.42. The van der Waals surface area contributed by atoms with Crippen LogP contribution in [0.25, 0.3) is 0 Å². The van der Waals surface area contributed by atoms with Gasteiger partial charge in [0.25, 0.3) is 11.5 Å². The highest BCUT2D eigenvalue weighted by atomic mass is 16.2. The standard InChI is InChI=1S/C21H25N5O3/c27-18-14-23-17(13-24-18)20(29)25-11-6-21(7-12-25)5-1-19(28)26(15-21)10-4-16-2-8-22-9-3-16/h2-3,8-9,13-14H,1,4-7,10-12,15H2,(H,24,27). The lowest BCUT2D eigenvalue weighted by Gasteiger charge is -2.47. The molecule has 2 aliphatic heterocycles. The van der Waals surface area contributed by atoms with E-state index in [-0.39, 0.29) is 28.5 Å². The molecule has 2 amide bonds. The number of H-pyrrole nitrogens is 1. The number of aromatic nitrogens is 3. The van der Waals surface area contributed by atoms with Crippen LogP contribution in [0.3, 0.4) is 0 Å². The van der Waals surface area contributed by atoms with E-state index in [0.717, 1.165) is 38.4 Å². The van der Waals surface area contributed by atoms with Crippen molar-refractivity contribution in [1.82, 2.24) is 24.8 Å². The van der Waals surface area contributed by atoms with Crippen LogP contribution >= 0.6 is 0 Å². The normalized spacial score (nSPS) is 18.8. The zero-order valence-electron chi connectivity index (χ0n) is 16.3. The number of likely N-dealkylation sites (tertiary alicyclic amines) is 2. The summed E-state index contributed by atoms with van der Waals surface area (Å²) < 4.78 is 0. The van der Waals surface area contributed by atoms with Crippen molar-refractivity contribution in [1.29, 1.82) is 0 Å². The van der Waals surface area contributed by atoms with Crippen molar-refractivity contribution in [3.63, 3.8) is 0 Å². The van der Waals surface area contributed by atoms with Gasteiger partial charge in [-0.15, -0.1) is 0 Å². The smallest absolute Gasteiger partial charge is 0.273 e. The molecule has 8 nitrogen and oxygen atoms in total. The fourth-order valence-electron chi connectivity index (χ4n) is 4.33. The molecule has 29 heavy (non-hydrogen) atoms. The van der Waals surface area contributed by atoms with Crippen LogP contribution in [0.1, 0.15) is 41.7 Å². The van der Waals surface area contributed by atoms with Crippen LogP contribution in [-0.4, -0.2) is 62.7 Å². The van der Waals surface area contributed by atoms with E-state index in [9.17, 15) is 14.4 Å². The van der Waals surface area contributed by atoms with Gasteiger partial charge in [-0.2, -0.15) is 0 Å². The molecular formula is C21H25N5O3. The third-order valence-corrected chi connectivity index (χ3v) is 6.17. The van der Waals surface area contributed by atoms with Crippen LogP contribution < -0.4 is 5.56 Å². The first-order valence-electron chi connectivity index (χ1n) is 10.1. The third kappa shape index (κ3) is 4.36. The summed E-state index contributed by atoms with van der Waals surface area (Å²) in [6.07, 6.45) is 10.1. The van der Waals surface area contributed by atoms with E-state index in [1.54, 1.807) is 17.3 Å². The molecule has 8 heteroatoms. The lowest BCUT2D eigenvalue weighted by molar-refractivity contribution is -0.138. The maximum Gasteiger partial charge on any atom is 0.273 e. The highest BCUT2D eigenvalue weighted by molar-refractivity contribution is 5.92. The van der Waals surface area contributed by atoms with Gasteiger partial charge < -0.3 is 14.8 Å². The predicted octanol–water partition coefficient (Wildman–Crippen LogP) is 1.25. The Morgan fingerprint density at radius 3 is 2.59 bits per heavy atom. The molecule has 0 atom stereocenters. The molecular weight excluding hydrogens is 370 g/mol. The van der Waals surface area contributed by atoms with Crippen molar-refractivity contribution in [2.24, 2.45) is 5.41 Å². The van der Waals surface area contributed by atoms with Gasteiger partial charge in [0.2, 0.25) is 5.91 Å². The van der Waals surface area contributed by atoms with Gasteiger partial charge in [-0.1, -0.05) is 0 Å². The third-order valence-electron chi connectivity index (χ3n) is 6.17. The van der Waals surface area contributed by atoms with E-state index < -0.39 is 0 Å². The molecule has 2 saturated heterocycles. The maximum absolute atomic E-state index is 12.6. The Hall–Kier alpha value is -3.03. The summed E-state index contributed by atoms with van der Waals surface area (Å²) in [6, 6.07) is 3.97. The number of nitrogens with zero attached hydrogens (tertiary/aromatic N) is 4. The van der Waals surface area contributed by atoms with E-state index >= 15 is 0 Å². The lowest BCUT2D eigenvalue weighted by Crippen LogP contribution is -2.52. The molecule has 2 aromatic heterocycles. The summed E-state index contributed by atoms with van der Waals surface area (Å²) in [7, 11) is 0. The minimum Gasteiger partial charge on any atom is -0.342 e. The van der Waals surface area contributed by atoms with Gasteiger partial charge >= 0.3 is 0 Å². The van der Waals surface area contributed by atoms with Gasteiger partial charge in [0.15, 0.2) is 0 Å². The van der Waals surface area contributed by atoms with Crippen LogP contribution in [0.15, 0.2) is 41.7 Å². The quantitative estimate of drug-likeness (QED) is 0.840. The number of hydrogen-bond acceptors (Lipinski definition) is 5. The minimum atomic E-state index is -0.321. The first kappa shape index (κ1) is 19.3. The highest BCUT2D eigenvalue weighted by Gasteiger charge is 2.41. The molecule has 152 valence electrons. The Bertz CT molecular complexity index is 914. The van der Waals surface area contributed by atoms with Crippen LogP contribution in [-0.2, 0) is 11.2 Å². The Morgan fingerprint density at radius 1 is 1.14 bits per heavy atom. The summed E-state index contributed by atoms with van der Waals surface area (Å²) in [5.74, 6) is 0.0677. The van der Waals surface area contributed by atoms with Crippen molar-refractivity contribution in [3.05, 3.63) is 58.5 Å². The zero-order chi connectivity index (χ0) is 20.3. The molecule has 0 aliphatic carbocycles. The Labute approximate surface area is 169 Å². The molecule has 0 aromatic carbocycles. The molecule has 0 saturated carbocycles. The lowest BCUT2D eigenvalue weighted by atomic mass is 9.72. The molecule has 4 heterocycles. The number of piperidine rings is 2. The topological polar surface area (TPSA) is 99.3 Å². The highest BCUT2D eigenvalue weighted by Crippen LogP contribution is 2.40. The van der Waals surface area contributed by atoms with E-state index in [4.69, 9.17) is 0 Å². The second-order valence-corrected chi connectivity index (χ2v) is 8.01. The van der Waals surface area contributed by atoms with Gasteiger partial charge in [-0.3, -0.25) is 19.4 Å². The van der Waals surface area contributed by atoms with Crippen LogP contribution in [0, 0.1) is 5.41 Å². The summed E-state index contributed by atoms with van der Waals surface area (Å²) >= 11 is 0. The molecule has 4 rings (SSSR count). The maximum atomic E-state index is 12.6. The number of pyridine rings is 1. The average molecular weight is 395 g/mol. The fourth-order valence-corrected chi connectivity index (χ4v) is 4.33. The summed E-state index contributed by atoms with van der Waals surface area (Å²) in [6.45, 7) is 2.77. The minimum absolute atomic E-state index is 0.0847. The summed E-state index contributed by atoms with van der Waals surface area (Å²) in [4.78, 5) is 50.5. The first-order chi connectivity index (χ1) is 14.0. The molecule has 2 aliphatic rings. The van der Waals surface area contributed by atoms with E-state index in [1.807, 2.05) is 17.0 Å². The first-order valence-corrected chi connectivity index (χ1v) is 10.1. The Morgan fingerprint density at radius 2 is 1.90 bits per heavy atom. The van der Waals surface area contributed by atoms with Gasteiger partial charge in [0, 0.05) is 51.2 Å². The van der Waals surface area contributed by atoms with Gasteiger partial charge in [-0.25, -0.2) is 4.98 Å². The van der Waals surface area contributed by atoms with Crippen LogP contribution in [0.5, 0.6) is 0 Å². The largest absolute Gasteiger partial charge is 0.342 e. The monoisotopic (exact) mass is 395 g/mol. The second kappa shape index (κ2) is 8.14. The number of aromatic amines is 1. The molecule has 1 N–H and O–H groups in total. The number of hydrogen-bond donors (Lipinski definition) is 1. The average Bonchev–Trinajstić information content (AvgIpc) is 2.76. The van der Waals surface area contributed by atoms with Gasteiger partial charge in [0.1, 0.15) is 5.69 Å². The number of amides is 2. The van der Waals surface area contributed by atoms with Crippen molar-refractivity contribution in [2.75, 3.05) is 26.2 Å². The molecule has 2 aromatic rings. The number of carbonyl (C=O) groups excluding carboxylic acids is 2. The van der Waals surface area contributed by atoms with Crippen molar-refractivity contribution >= 4 is 11.8 Å². The zero-order valence-corrected chi connectivity index (χ0v) is 16.3. The van der Waals surface area contributed by atoms with Crippen LogP contribution in [0.4, 0.5) is 0 Å². The second-order valence-electron chi connectivity index (χ2n) is 8.01. The van der Waals surface area contributed by atoms with Crippen molar-refractivity contribution in [2.45, 2.75) is 32.1 Å². The van der Waals surface area contributed by atoms with Crippen LogP contribution in [0.2, 0.25) is 0 Å². The van der Waals surface area contributed by atoms with Gasteiger partial charge in [-0.05, 0) is 48.8 Å². The number of nitrogens with one attached hydrogen (secondary N) is 1. The SMILES string of the molecule is O=C1CCC2(CCN(C(=O)c3c[nH]c(=O)cn3)CC2)CN1CCc1ccncc1. The number of rotatable bonds is 4. The molecule has 2 fully saturated rings. The number of carbonyl (C=O) groups is 2. The van der Waals surface area contributed by atoms with E-state index in [0.29, 0.717) is 26.1 Å². The molecule has 0 bridgehead atoms. The van der Waals surface area contributed by atoms with E-state index in [1.165, 1.54) is 11.8 Å². The van der Waals surface area contributed by atoms with Crippen molar-refractivity contribution in [3.8, 4) is 0 Å².